The third-order valence-electron chi connectivity index (χ3n) is 4.52. The van der Waals surface area contributed by atoms with Gasteiger partial charge in [0.05, 0.1) is 10.7 Å². The Bertz CT molecular complexity index is 451. The molecule has 0 bridgehead atoms. The van der Waals surface area contributed by atoms with E-state index in [1.54, 1.807) is 0 Å². The Hall–Kier alpha value is -0.900. The van der Waals surface area contributed by atoms with Crippen LogP contribution in [0.15, 0.2) is 0 Å². The fourth-order valence-electron chi connectivity index (χ4n) is 3.29. The minimum absolute atomic E-state index is 0.337. The highest BCUT2D eigenvalue weighted by molar-refractivity contribution is 7.11. The Morgan fingerprint density at radius 2 is 2.05 bits per heavy atom. The molecule has 0 saturated carbocycles. The lowest BCUT2D eigenvalue weighted by Gasteiger charge is -2.31. The molecule has 4 heteroatoms. The fourth-order valence-corrected chi connectivity index (χ4v) is 4.62. The number of aryl methyl sites for hydroxylation is 2. The topological polar surface area (TPSA) is 33.2 Å². The highest BCUT2D eigenvalue weighted by atomic mass is 32.1. The van der Waals surface area contributed by atoms with Crippen LogP contribution in [0, 0.1) is 0 Å². The molecule has 0 atom stereocenters. The third-order valence-corrected chi connectivity index (χ3v) is 5.84. The van der Waals surface area contributed by atoms with Crippen molar-refractivity contribution < 1.29 is 4.79 Å². The van der Waals surface area contributed by atoms with Crippen LogP contribution in [0.4, 0.5) is 0 Å². The van der Waals surface area contributed by atoms with Crippen molar-refractivity contribution in [2.45, 2.75) is 64.2 Å². The molecule has 1 saturated heterocycles. The van der Waals surface area contributed by atoms with Gasteiger partial charge in [-0.05, 0) is 44.9 Å². The van der Waals surface area contributed by atoms with Gasteiger partial charge in [-0.1, -0.05) is 6.92 Å². The van der Waals surface area contributed by atoms with E-state index in [-0.39, 0.29) is 0 Å². The standard InChI is InChI=1S/C16H24N2OS/c1-2-5-15(19)18-10-8-12(9-11-18)16-17-13-6-3-4-7-14(13)20-16/h12H,2-11H2,1H3. The van der Waals surface area contributed by atoms with Crippen LogP contribution in [-0.4, -0.2) is 28.9 Å². The van der Waals surface area contributed by atoms with E-state index >= 15 is 0 Å². The average Bonchev–Trinajstić information content (AvgIpc) is 2.91. The van der Waals surface area contributed by atoms with E-state index < -0.39 is 0 Å². The molecular formula is C16H24N2OS. The van der Waals surface area contributed by atoms with E-state index in [0.717, 1.165) is 32.4 Å². The van der Waals surface area contributed by atoms with E-state index in [2.05, 4.69) is 6.92 Å². The molecule has 0 aromatic carbocycles. The molecule has 1 aliphatic carbocycles. The average molecular weight is 292 g/mol. The van der Waals surface area contributed by atoms with Crippen LogP contribution in [0.2, 0.25) is 0 Å². The zero-order chi connectivity index (χ0) is 13.9. The van der Waals surface area contributed by atoms with Gasteiger partial charge < -0.3 is 4.90 Å². The van der Waals surface area contributed by atoms with Crippen molar-refractivity contribution in [2.24, 2.45) is 0 Å². The van der Waals surface area contributed by atoms with Crippen molar-refractivity contribution in [3.63, 3.8) is 0 Å². The van der Waals surface area contributed by atoms with E-state index in [0.29, 0.717) is 18.2 Å². The van der Waals surface area contributed by atoms with Crippen LogP contribution in [-0.2, 0) is 17.6 Å². The zero-order valence-corrected chi connectivity index (χ0v) is 13.2. The molecule has 0 spiro atoms. The van der Waals surface area contributed by atoms with Gasteiger partial charge in [-0.3, -0.25) is 4.79 Å². The summed E-state index contributed by atoms with van der Waals surface area (Å²) in [6.45, 7) is 3.92. The Kier molecular flexibility index (Phi) is 4.39. The Labute approximate surface area is 125 Å². The first-order valence-electron chi connectivity index (χ1n) is 8.04. The van der Waals surface area contributed by atoms with Gasteiger partial charge in [0.2, 0.25) is 5.91 Å². The molecule has 3 nitrogen and oxygen atoms in total. The predicted octanol–water partition coefficient (Wildman–Crippen LogP) is 3.53. The quantitative estimate of drug-likeness (QED) is 0.854. The second-order valence-corrected chi connectivity index (χ2v) is 7.15. The maximum atomic E-state index is 11.9. The van der Waals surface area contributed by atoms with Crippen molar-refractivity contribution in [3.05, 3.63) is 15.6 Å². The second kappa shape index (κ2) is 6.25. The largest absolute Gasteiger partial charge is 0.343 e. The predicted molar refractivity (Wildman–Crippen MR) is 82.2 cm³/mol. The molecule has 1 fully saturated rings. The number of aromatic nitrogens is 1. The smallest absolute Gasteiger partial charge is 0.222 e. The normalized spacial score (nSPS) is 19.9. The molecule has 3 rings (SSSR count). The summed E-state index contributed by atoms with van der Waals surface area (Å²) in [6.07, 6.45) is 8.91. The maximum Gasteiger partial charge on any atom is 0.222 e. The first-order chi connectivity index (χ1) is 9.78. The first-order valence-corrected chi connectivity index (χ1v) is 8.86. The molecule has 2 aliphatic rings. The van der Waals surface area contributed by atoms with Crippen molar-refractivity contribution in [1.82, 2.24) is 9.88 Å². The number of hydrogen-bond donors (Lipinski definition) is 0. The summed E-state index contributed by atoms with van der Waals surface area (Å²) in [5, 5.41) is 1.35. The Morgan fingerprint density at radius 3 is 2.75 bits per heavy atom. The van der Waals surface area contributed by atoms with E-state index in [1.807, 2.05) is 16.2 Å². The van der Waals surface area contributed by atoms with Gasteiger partial charge in [0.25, 0.3) is 0 Å². The summed E-state index contributed by atoms with van der Waals surface area (Å²) < 4.78 is 0. The molecule has 2 heterocycles. The van der Waals surface area contributed by atoms with Gasteiger partial charge in [-0.25, -0.2) is 4.98 Å². The van der Waals surface area contributed by atoms with Crippen LogP contribution < -0.4 is 0 Å². The maximum absolute atomic E-state index is 11.9. The number of piperidine rings is 1. The highest BCUT2D eigenvalue weighted by Gasteiger charge is 2.26. The van der Waals surface area contributed by atoms with Crippen molar-refractivity contribution in [2.75, 3.05) is 13.1 Å². The molecule has 1 aromatic rings. The molecule has 0 radical (unpaired) electrons. The molecule has 1 amide bonds. The van der Waals surface area contributed by atoms with Crippen LogP contribution >= 0.6 is 11.3 Å². The SMILES string of the molecule is CCCC(=O)N1CCC(c2nc3c(s2)CCCC3)CC1. The Balaban J connectivity index is 1.60. The number of carbonyl (C=O) groups is 1. The number of fused-ring (bicyclic) bond motifs is 1. The summed E-state index contributed by atoms with van der Waals surface area (Å²) in [7, 11) is 0. The lowest BCUT2D eigenvalue weighted by molar-refractivity contribution is -0.132. The van der Waals surface area contributed by atoms with Crippen molar-refractivity contribution in [1.29, 1.82) is 0 Å². The van der Waals surface area contributed by atoms with Gasteiger partial charge in [0.15, 0.2) is 0 Å². The molecule has 0 N–H and O–H groups in total. The highest BCUT2D eigenvalue weighted by Crippen LogP contribution is 2.35. The summed E-state index contributed by atoms with van der Waals surface area (Å²) >= 11 is 1.95. The van der Waals surface area contributed by atoms with Gasteiger partial charge in [0.1, 0.15) is 0 Å². The second-order valence-electron chi connectivity index (χ2n) is 6.03. The summed E-state index contributed by atoms with van der Waals surface area (Å²) in [4.78, 5) is 20.4. The third kappa shape index (κ3) is 2.90. The lowest BCUT2D eigenvalue weighted by atomic mass is 9.97. The molecular weight excluding hydrogens is 268 g/mol. The number of carbonyl (C=O) groups excluding carboxylic acids is 1. The number of likely N-dealkylation sites (tertiary alicyclic amines) is 1. The summed E-state index contributed by atoms with van der Waals surface area (Å²) in [5.41, 5.74) is 1.38. The van der Waals surface area contributed by atoms with Gasteiger partial charge in [0, 0.05) is 30.3 Å². The van der Waals surface area contributed by atoms with Gasteiger partial charge in [-0.2, -0.15) is 0 Å². The lowest BCUT2D eigenvalue weighted by Crippen LogP contribution is -2.37. The van der Waals surface area contributed by atoms with Crippen molar-refractivity contribution in [3.8, 4) is 0 Å². The van der Waals surface area contributed by atoms with E-state index in [9.17, 15) is 4.79 Å². The van der Waals surface area contributed by atoms with Crippen LogP contribution in [0.3, 0.4) is 0 Å². The number of rotatable bonds is 3. The number of thiazole rings is 1. The van der Waals surface area contributed by atoms with Crippen LogP contribution in [0.25, 0.3) is 0 Å². The number of hydrogen-bond acceptors (Lipinski definition) is 3. The Morgan fingerprint density at radius 1 is 1.30 bits per heavy atom. The molecule has 1 aliphatic heterocycles. The molecule has 0 unspecified atom stereocenters. The van der Waals surface area contributed by atoms with E-state index in [1.165, 1.54) is 41.3 Å². The van der Waals surface area contributed by atoms with Crippen LogP contribution in [0.5, 0.6) is 0 Å². The van der Waals surface area contributed by atoms with E-state index in [4.69, 9.17) is 4.98 Å². The monoisotopic (exact) mass is 292 g/mol. The summed E-state index contributed by atoms with van der Waals surface area (Å²) in [5.74, 6) is 0.931. The van der Waals surface area contributed by atoms with Crippen molar-refractivity contribution >= 4 is 17.2 Å². The molecule has 110 valence electrons. The first kappa shape index (κ1) is 14.1. The minimum Gasteiger partial charge on any atom is -0.343 e. The number of nitrogens with zero attached hydrogens (tertiary/aromatic N) is 2. The minimum atomic E-state index is 0.337. The zero-order valence-electron chi connectivity index (χ0n) is 12.4. The van der Waals surface area contributed by atoms with Gasteiger partial charge in [-0.15, -0.1) is 11.3 Å². The number of amides is 1. The van der Waals surface area contributed by atoms with Crippen LogP contribution in [0.1, 0.15) is 66.9 Å². The van der Waals surface area contributed by atoms with Gasteiger partial charge >= 0.3 is 0 Å². The molecule has 20 heavy (non-hydrogen) atoms. The summed E-state index contributed by atoms with van der Waals surface area (Å²) in [6, 6.07) is 0. The molecule has 1 aromatic heterocycles. The fraction of sp³-hybridized carbons (Fsp3) is 0.750.